The molecule has 3 heteroatoms. The number of rotatable bonds is 2. The summed E-state index contributed by atoms with van der Waals surface area (Å²) in [5.41, 5.74) is 0. The second-order valence-electron chi connectivity index (χ2n) is 4.03. The lowest BCUT2D eigenvalue weighted by Crippen LogP contribution is -2.37. The van der Waals surface area contributed by atoms with Crippen molar-refractivity contribution in [2.45, 2.75) is 25.3 Å². The highest BCUT2D eigenvalue weighted by molar-refractivity contribution is 5.81. The van der Waals surface area contributed by atoms with E-state index < -0.39 is 0 Å². The monoisotopic (exact) mass is 168 g/mol. The van der Waals surface area contributed by atoms with Gasteiger partial charge in [0.15, 0.2) is 0 Å². The normalized spacial score (nSPS) is 30.6. The largest absolute Gasteiger partial charge is 0.352 e. The minimum Gasteiger partial charge on any atom is -0.352 e. The average Bonchev–Trinajstić information content (AvgIpc) is 2.78. The molecule has 1 aliphatic heterocycles. The lowest BCUT2D eigenvalue weighted by molar-refractivity contribution is -0.122. The molecule has 1 atom stereocenters. The molecule has 12 heavy (non-hydrogen) atoms. The van der Waals surface area contributed by atoms with Crippen molar-refractivity contribution in [3.8, 4) is 0 Å². The molecule has 0 spiro atoms. The molecule has 0 radical (unpaired) electrons. The Hall–Kier alpha value is -0.570. The van der Waals surface area contributed by atoms with Crippen LogP contribution in [0.3, 0.4) is 0 Å². The fourth-order valence-corrected chi connectivity index (χ4v) is 1.72. The van der Waals surface area contributed by atoms with Crippen LogP contribution in [0.2, 0.25) is 0 Å². The van der Waals surface area contributed by atoms with E-state index in [1.165, 1.54) is 0 Å². The summed E-state index contributed by atoms with van der Waals surface area (Å²) in [6.45, 7) is 2.15. The second-order valence-corrected chi connectivity index (χ2v) is 4.03. The molecule has 2 rings (SSSR count). The molecule has 1 N–H and O–H groups in total. The molecule has 1 aliphatic carbocycles. The van der Waals surface area contributed by atoms with Gasteiger partial charge in [0.25, 0.3) is 0 Å². The molecule has 0 unspecified atom stereocenters. The van der Waals surface area contributed by atoms with E-state index in [0.29, 0.717) is 12.0 Å². The van der Waals surface area contributed by atoms with Gasteiger partial charge in [0.05, 0.1) is 0 Å². The molecule has 68 valence electrons. The van der Waals surface area contributed by atoms with E-state index in [2.05, 4.69) is 17.3 Å². The third kappa shape index (κ3) is 1.78. The number of amides is 1. The Kier molecular flexibility index (Phi) is 2.05. The smallest absolute Gasteiger partial charge is 0.223 e. The Morgan fingerprint density at radius 2 is 2.17 bits per heavy atom. The molecule has 1 saturated carbocycles. The van der Waals surface area contributed by atoms with Crippen molar-refractivity contribution in [1.29, 1.82) is 0 Å². The van der Waals surface area contributed by atoms with E-state index in [0.717, 1.165) is 32.4 Å². The lowest BCUT2D eigenvalue weighted by Gasteiger charge is -2.11. The van der Waals surface area contributed by atoms with Crippen LogP contribution in [0.1, 0.15) is 19.3 Å². The summed E-state index contributed by atoms with van der Waals surface area (Å²) in [6.07, 6.45) is 3.33. The van der Waals surface area contributed by atoms with E-state index in [-0.39, 0.29) is 5.91 Å². The van der Waals surface area contributed by atoms with Crippen LogP contribution in [0.4, 0.5) is 0 Å². The highest BCUT2D eigenvalue weighted by Gasteiger charge is 2.32. The molecule has 1 saturated heterocycles. The maximum Gasteiger partial charge on any atom is 0.223 e. The summed E-state index contributed by atoms with van der Waals surface area (Å²) in [6, 6.07) is 0.420. The molecule has 0 aromatic rings. The number of carbonyl (C=O) groups is 1. The Bertz CT molecular complexity index is 189. The van der Waals surface area contributed by atoms with Gasteiger partial charge in [-0.25, -0.2) is 0 Å². The second kappa shape index (κ2) is 3.05. The number of carbonyl (C=O) groups excluding carboxylic acids is 1. The highest BCUT2D eigenvalue weighted by Crippen LogP contribution is 2.29. The van der Waals surface area contributed by atoms with Gasteiger partial charge in [0.1, 0.15) is 0 Å². The number of hydrogen-bond donors (Lipinski definition) is 1. The van der Waals surface area contributed by atoms with Gasteiger partial charge in [-0.05, 0) is 32.9 Å². The van der Waals surface area contributed by atoms with E-state index in [9.17, 15) is 4.79 Å². The topological polar surface area (TPSA) is 32.3 Å². The Morgan fingerprint density at radius 1 is 1.42 bits per heavy atom. The summed E-state index contributed by atoms with van der Waals surface area (Å²) in [4.78, 5) is 13.6. The molecule has 2 aliphatic rings. The number of nitrogens with zero attached hydrogens (tertiary/aromatic N) is 1. The fraction of sp³-hybridized carbons (Fsp3) is 0.889. The zero-order valence-electron chi connectivity index (χ0n) is 7.55. The van der Waals surface area contributed by atoms with Crippen molar-refractivity contribution in [1.82, 2.24) is 10.2 Å². The molecule has 2 fully saturated rings. The van der Waals surface area contributed by atoms with Crippen LogP contribution in [0.15, 0.2) is 0 Å². The van der Waals surface area contributed by atoms with E-state index in [4.69, 9.17) is 0 Å². The van der Waals surface area contributed by atoms with Gasteiger partial charge in [-0.2, -0.15) is 0 Å². The zero-order chi connectivity index (χ0) is 8.55. The maximum absolute atomic E-state index is 11.3. The lowest BCUT2D eigenvalue weighted by atomic mass is 10.2. The predicted molar refractivity (Wildman–Crippen MR) is 46.8 cm³/mol. The summed E-state index contributed by atoms with van der Waals surface area (Å²) >= 11 is 0. The highest BCUT2D eigenvalue weighted by atomic mass is 16.2. The Morgan fingerprint density at radius 3 is 2.67 bits per heavy atom. The standard InChI is InChI=1S/C9H16N2O/c1-11-5-4-8(6-11)10-9(12)7-2-3-7/h7-8H,2-6H2,1H3,(H,10,12)/t8-/m0/s1. The van der Waals surface area contributed by atoms with Crippen LogP contribution < -0.4 is 5.32 Å². The molecule has 0 aromatic heterocycles. The van der Waals surface area contributed by atoms with Gasteiger partial charge < -0.3 is 10.2 Å². The summed E-state index contributed by atoms with van der Waals surface area (Å²) in [7, 11) is 2.10. The minimum atomic E-state index is 0.287. The fourth-order valence-electron chi connectivity index (χ4n) is 1.72. The minimum absolute atomic E-state index is 0.287. The van der Waals surface area contributed by atoms with Crippen molar-refractivity contribution in [2.24, 2.45) is 5.92 Å². The van der Waals surface area contributed by atoms with E-state index >= 15 is 0 Å². The van der Waals surface area contributed by atoms with Gasteiger partial charge in [-0.1, -0.05) is 0 Å². The molecule has 3 nitrogen and oxygen atoms in total. The molecule has 0 aromatic carbocycles. The SMILES string of the molecule is CN1CC[C@H](NC(=O)C2CC2)C1. The van der Waals surface area contributed by atoms with Gasteiger partial charge >= 0.3 is 0 Å². The van der Waals surface area contributed by atoms with Crippen LogP contribution >= 0.6 is 0 Å². The van der Waals surface area contributed by atoms with Gasteiger partial charge in [-0.3, -0.25) is 4.79 Å². The number of hydrogen-bond acceptors (Lipinski definition) is 2. The van der Waals surface area contributed by atoms with Crippen molar-refractivity contribution in [3.63, 3.8) is 0 Å². The first kappa shape index (κ1) is 8.05. The number of nitrogens with one attached hydrogen (secondary N) is 1. The quantitative estimate of drug-likeness (QED) is 0.639. The molecular formula is C9H16N2O. The van der Waals surface area contributed by atoms with Crippen LogP contribution in [0, 0.1) is 5.92 Å². The summed E-state index contributed by atoms with van der Waals surface area (Å²) in [5.74, 6) is 0.645. The summed E-state index contributed by atoms with van der Waals surface area (Å²) < 4.78 is 0. The molecule has 1 amide bonds. The molecule has 0 bridgehead atoms. The van der Waals surface area contributed by atoms with E-state index in [1.54, 1.807) is 0 Å². The van der Waals surface area contributed by atoms with Crippen molar-refractivity contribution in [2.75, 3.05) is 20.1 Å². The maximum atomic E-state index is 11.3. The van der Waals surface area contributed by atoms with Gasteiger partial charge in [0, 0.05) is 18.5 Å². The first-order valence-electron chi connectivity index (χ1n) is 4.74. The predicted octanol–water partition coefficient (Wildman–Crippen LogP) is 0.217. The van der Waals surface area contributed by atoms with Gasteiger partial charge in [-0.15, -0.1) is 0 Å². The van der Waals surface area contributed by atoms with Crippen LogP contribution in [-0.2, 0) is 4.79 Å². The summed E-state index contributed by atoms with van der Waals surface area (Å²) in [5, 5.41) is 3.09. The average molecular weight is 168 g/mol. The van der Waals surface area contributed by atoms with Crippen molar-refractivity contribution >= 4 is 5.91 Å². The van der Waals surface area contributed by atoms with Crippen LogP contribution in [0.25, 0.3) is 0 Å². The third-order valence-electron chi connectivity index (χ3n) is 2.69. The Balaban J connectivity index is 1.75. The number of likely N-dealkylation sites (N-methyl/N-ethyl adjacent to an activating group) is 1. The molecular weight excluding hydrogens is 152 g/mol. The van der Waals surface area contributed by atoms with Crippen LogP contribution in [0.5, 0.6) is 0 Å². The number of likely N-dealkylation sites (tertiary alicyclic amines) is 1. The van der Waals surface area contributed by atoms with Gasteiger partial charge in [0.2, 0.25) is 5.91 Å². The van der Waals surface area contributed by atoms with Crippen LogP contribution in [-0.4, -0.2) is 37.0 Å². The van der Waals surface area contributed by atoms with E-state index in [1.807, 2.05) is 0 Å². The Labute approximate surface area is 73.1 Å². The first-order valence-corrected chi connectivity index (χ1v) is 4.74. The third-order valence-corrected chi connectivity index (χ3v) is 2.69. The molecule has 1 heterocycles. The zero-order valence-corrected chi connectivity index (χ0v) is 7.55. The van der Waals surface area contributed by atoms with Crippen molar-refractivity contribution in [3.05, 3.63) is 0 Å². The van der Waals surface area contributed by atoms with Crippen molar-refractivity contribution < 1.29 is 4.79 Å². The first-order chi connectivity index (χ1) is 5.75.